The summed E-state index contributed by atoms with van der Waals surface area (Å²) in [7, 11) is 6.22. The first-order valence-electron chi connectivity index (χ1n) is 6.20. The predicted molar refractivity (Wildman–Crippen MR) is 71.2 cm³/mol. The van der Waals surface area contributed by atoms with Crippen LogP contribution in [0.15, 0.2) is 18.3 Å². The highest BCUT2D eigenvalue weighted by Gasteiger charge is 2.23. The molecule has 0 radical (unpaired) electrons. The van der Waals surface area contributed by atoms with Gasteiger partial charge in [-0.2, -0.15) is 0 Å². The van der Waals surface area contributed by atoms with E-state index in [1.54, 1.807) is 0 Å². The number of nitrogens with one attached hydrogen (secondary N) is 1. The molecule has 2 rings (SSSR count). The van der Waals surface area contributed by atoms with Crippen molar-refractivity contribution in [2.24, 2.45) is 0 Å². The number of hydrogen-bond donors (Lipinski definition) is 1. The monoisotopic (exact) mass is 234 g/mol. The van der Waals surface area contributed by atoms with Crippen LogP contribution in [0.5, 0.6) is 0 Å². The summed E-state index contributed by atoms with van der Waals surface area (Å²) in [5.74, 6) is 0.932. The van der Waals surface area contributed by atoms with E-state index in [0.717, 1.165) is 12.4 Å². The number of nitrogens with zero attached hydrogens (tertiary/aromatic N) is 3. The Hall–Kier alpha value is -1.13. The average molecular weight is 234 g/mol. The zero-order valence-electron chi connectivity index (χ0n) is 11.0. The van der Waals surface area contributed by atoms with Gasteiger partial charge in [-0.25, -0.2) is 4.98 Å². The van der Waals surface area contributed by atoms with Crippen LogP contribution in [0.25, 0.3) is 0 Å². The molecule has 0 aromatic carbocycles. The van der Waals surface area contributed by atoms with Gasteiger partial charge in [-0.1, -0.05) is 6.07 Å². The third-order valence-corrected chi connectivity index (χ3v) is 3.46. The number of likely N-dealkylation sites (N-methyl/N-ethyl adjacent to an activating group) is 1. The molecule has 1 aliphatic heterocycles. The second-order valence-corrected chi connectivity index (χ2v) is 4.94. The van der Waals surface area contributed by atoms with Gasteiger partial charge in [-0.05, 0) is 32.1 Å². The Kier molecular flexibility index (Phi) is 3.97. The van der Waals surface area contributed by atoms with E-state index in [2.05, 4.69) is 40.3 Å². The van der Waals surface area contributed by atoms with Crippen molar-refractivity contribution < 1.29 is 0 Å². The Morgan fingerprint density at radius 2 is 2.29 bits per heavy atom. The summed E-state index contributed by atoms with van der Waals surface area (Å²) < 4.78 is 0. The highest BCUT2D eigenvalue weighted by atomic mass is 15.2. The molecule has 1 aromatic rings. The number of hydrogen-bond acceptors (Lipinski definition) is 4. The Bertz CT molecular complexity index is 347. The van der Waals surface area contributed by atoms with Crippen molar-refractivity contribution in [3.8, 4) is 0 Å². The van der Waals surface area contributed by atoms with Crippen LogP contribution in [0.4, 0.5) is 5.82 Å². The molecule has 0 saturated carbocycles. The third kappa shape index (κ3) is 3.17. The molecule has 1 unspecified atom stereocenters. The van der Waals surface area contributed by atoms with Gasteiger partial charge in [0.15, 0.2) is 0 Å². The first kappa shape index (κ1) is 12.3. The van der Waals surface area contributed by atoms with Crippen LogP contribution in [0, 0.1) is 0 Å². The molecule has 1 aliphatic rings. The van der Waals surface area contributed by atoms with E-state index in [9.17, 15) is 0 Å². The largest absolute Gasteiger partial charge is 0.373 e. The number of anilines is 1. The molecule has 0 amide bonds. The zero-order valence-corrected chi connectivity index (χ0v) is 11.0. The van der Waals surface area contributed by atoms with Crippen molar-refractivity contribution in [2.75, 3.05) is 39.5 Å². The van der Waals surface area contributed by atoms with E-state index in [0.29, 0.717) is 6.04 Å². The Labute approximate surface area is 104 Å². The lowest BCUT2D eigenvalue weighted by Crippen LogP contribution is -2.31. The van der Waals surface area contributed by atoms with Crippen LogP contribution in [-0.4, -0.2) is 55.1 Å². The SMILES string of the molecule is CNc1ccc(CN2CCC(N(C)C)C2)cn1. The van der Waals surface area contributed by atoms with Crippen LogP contribution in [-0.2, 0) is 6.54 Å². The number of rotatable bonds is 4. The summed E-state index contributed by atoms with van der Waals surface area (Å²) in [6.45, 7) is 3.37. The third-order valence-electron chi connectivity index (χ3n) is 3.46. The predicted octanol–water partition coefficient (Wildman–Crippen LogP) is 1.26. The molecule has 0 spiro atoms. The van der Waals surface area contributed by atoms with Gasteiger partial charge in [0, 0.05) is 38.9 Å². The van der Waals surface area contributed by atoms with Crippen molar-refractivity contribution in [3.05, 3.63) is 23.9 Å². The van der Waals surface area contributed by atoms with Crippen molar-refractivity contribution in [1.82, 2.24) is 14.8 Å². The van der Waals surface area contributed by atoms with Crippen LogP contribution in [0.1, 0.15) is 12.0 Å². The fraction of sp³-hybridized carbons (Fsp3) is 0.615. The van der Waals surface area contributed by atoms with Gasteiger partial charge >= 0.3 is 0 Å². The van der Waals surface area contributed by atoms with Crippen LogP contribution in [0.3, 0.4) is 0 Å². The first-order chi connectivity index (χ1) is 8.19. The van der Waals surface area contributed by atoms with Crippen molar-refractivity contribution in [1.29, 1.82) is 0 Å². The van der Waals surface area contributed by atoms with Crippen LogP contribution >= 0.6 is 0 Å². The van der Waals surface area contributed by atoms with E-state index in [4.69, 9.17) is 0 Å². The van der Waals surface area contributed by atoms with E-state index in [1.807, 2.05) is 19.3 Å². The summed E-state index contributed by atoms with van der Waals surface area (Å²) in [5.41, 5.74) is 1.29. The van der Waals surface area contributed by atoms with Crippen molar-refractivity contribution >= 4 is 5.82 Å². The minimum atomic E-state index is 0.708. The van der Waals surface area contributed by atoms with Gasteiger partial charge in [0.25, 0.3) is 0 Å². The molecule has 1 aromatic heterocycles. The molecule has 1 atom stereocenters. The van der Waals surface area contributed by atoms with E-state index in [-0.39, 0.29) is 0 Å². The van der Waals surface area contributed by atoms with Crippen molar-refractivity contribution in [3.63, 3.8) is 0 Å². The molecular weight excluding hydrogens is 212 g/mol. The Morgan fingerprint density at radius 1 is 1.47 bits per heavy atom. The van der Waals surface area contributed by atoms with E-state index in [1.165, 1.54) is 25.1 Å². The molecule has 1 saturated heterocycles. The fourth-order valence-corrected chi connectivity index (χ4v) is 2.30. The molecule has 4 heteroatoms. The minimum Gasteiger partial charge on any atom is -0.373 e. The number of pyridine rings is 1. The summed E-state index contributed by atoms with van der Waals surface area (Å²) >= 11 is 0. The van der Waals surface area contributed by atoms with Crippen molar-refractivity contribution in [2.45, 2.75) is 19.0 Å². The summed E-state index contributed by atoms with van der Waals surface area (Å²) in [6, 6.07) is 4.90. The van der Waals surface area contributed by atoms with Gasteiger partial charge < -0.3 is 10.2 Å². The van der Waals surface area contributed by atoms with Gasteiger partial charge in [0.2, 0.25) is 0 Å². The maximum atomic E-state index is 4.35. The summed E-state index contributed by atoms with van der Waals surface area (Å²) in [4.78, 5) is 9.17. The van der Waals surface area contributed by atoms with Crippen LogP contribution in [0.2, 0.25) is 0 Å². The standard InChI is InChI=1S/C13H22N4/c1-14-13-5-4-11(8-15-13)9-17-7-6-12(10-17)16(2)3/h4-5,8,12H,6-7,9-10H2,1-3H3,(H,14,15). The minimum absolute atomic E-state index is 0.708. The molecule has 1 N–H and O–H groups in total. The summed E-state index contributed by atoms with van der Waals surface area (Å²) in [5, 5.41) is 3.04. The van der Waals surface area contributed by atoms with E-state index >= 15 is 0 Å². The first-order valence-corrected chi connectivity index (χ1v) is 6.20. The molecule has 0 aliphatic carbocycles. The lowest BCUT2D eigenvalue weighted by Gasteiger charge is -2.20. The molecule has 4 nitrogen and oxygen atoms in total. The Morgan fingerprint density at radius 3 is 2.82 bits per heavy atom. The zero-order chi connectivity index (χ0) is 12.3. The fourth-order valence-electron chi connectivity index (χ4n) is 2.30. The highest BCUT2D eigenvalue weighted by molar-refractivity contribution is 5.34. The van der Waals surface area contributed by atoms with Crippen LogP contribution < -0.4 is 5.32 Å². The number of likely N-dealkylation sites (tertiary alicyclic amines) is 1. The molecule has 1 fully saturated rings. The molecule has 2 heterocycles. The smallest absolute Gasteiger partial charge is 0.125 e. The maximum absolute atomic E-state index is 4.35. The topological polar surface area (TPSA) is 31.4 Å². The molecule has 17 heavy (non-hydrogen) atoms. The average Bonchev–Trinajstić information content (AvgIpc) is 2.79. The number of aromatic nitrogens is 1. The van der Waals surface area contributed by atoms with Gasteiger partial charge in [-0.15, -0.1) is 0 Å². The second kappa shape index (κ2) is 5.47. The molecule has 0 bridgehead atoms. The lowest BCUT2D eigenvalue weighted by atomic mass is 10.2. The highest BCUT2D eigenvalue weighted by Crippen LogP contribution is 2.16. The van der Waals surface area contributed by atoms with Gasteiger partial charge in [-0.3, -0.25) is 4.90 Å². The molecule has 94 valence electrons. The van der Waals surface area contributed by atoms with Gasteiger partial charge in [0.1, 0.15) is 5.82 Å². The normalized spacial score (nSPS) is 21.1. The maximum Gasteiger partial charge on any atom is 0.125 e. The molecular formula is C13H22N4. The van der Waals surface area contributed by atoms with Gasteiger partial charge in [0.05, 0.1) is 0 Å². The summed E-state index contributed by atoms with van der Waals surface area (Å²) in [6.07, 6.45) is 3.24. The quantitative estimate of drug-likeness (QED) is 0.850. The van der Waals surface area contributed by atoms with E-state index < -0.39 is 0 Å². The Balaban J connectivity index is 1.89. The lowest BCUT2D eigenvalue weighted by molar-refractivity contribution is 0.264. The second-order valence-electron chi connectivity index (χ2n) is 4.94.